The van der Waals surface area contributed by atoms with Crippen LogP contribution in [-0.2, 0) is 14.3 Å². The number of amidine groups is 1. The Balaban J connectivity index is 1.97. The number of carbonyl (C=O) groups is 2. The zero-order valence-electron chi connectivity index (χ0n) is 12.7. The number of benzene rings is 1. The summed E-state index contributed by atoms with van der Waals surface area (Å²) in [6, 6.07) is 7.10. The number of amides is 1. The summed E-state index contributed by atoms with van der Waals surface area (Å²) >= 11 is 1.01. The smallest absolute Gasteiger partial charge is 0.331 e. The number of esters is 1. The first-order valence-corrected chi connectivity index (χ1v) is 7.50. The number of hydrogen-bond acceptors (Lipinski definition) is 7. The summed E-state index contributed by atoms with van der Waals surface area (Å²) in [7, 11) is 1.24. The minimum absolute atomic E-state index is 0.200. The second kappa shape index (κ2) is 8.55. The van der Waals surface area contributed by atoms with E-state index in [9.17, 15) is 9.59 Å². The molecule has 8 heteroatoms. The van der Waals surface area contributed by atoms with Crippen molar-refractivity contribution < 1.29 is 19.1 Å². The highest BCUT2D eigenvalue weighted by Crippen LogP contribution is 2.23. The lowest BCUT2D eigenvalue weighted by Gasteiger charge is -2.01. The number of nitrogens with one attached hydrogen (secondary N) is 1. The molecule has 1 saturated heterocycles. The Bertz CT molecular complexity index is 761. The SMILES string of the molecule is C#CCOc1ccc(C=N/N=C2/NC(=O)/C(=C\C(=O)OC)S2)cc1. The molecule has 7 nitrogen and oxygen atoms in total. The Morgan fingerprint density at radius 3 is 2.83 bits per heavy atom. The Morgan fingerprint density at radius 2 is 2.17 bits per heavy atom. The first kappa shape index (κ1) is 17.3. The summed E-state index contributed by atoms with van der Waals surface area (Å²) in [5.74, 6) is 2.01. The summed E-state index contributed by atoms with van der Waals surface area (Å²) in [4.78, 5) is 23.0. The molecule has 0 bridgehead atoms. The maximum Gasteiger partial charge on any atom is 0.331 e. The molecule has 1 N–H and O–H groups in total. The van der Waals surface area contributed by atoms with Crippen LogP contribution in [0.4, 0.5) is 0 Å². The molecule has 0 spiro atoms. The standard InChI is InChI=1S/C16H13N3O4S/c1-3-8-23-12-6-4-11(5-7-12)10-17-19-16-18-15(21)13(24-16)9-14(20)22-2/h1,4-7,9-10H,8H2,2H3,(H,18,19,21)/b13-9+,17-10?. The fourth-order valence-corrected chi connectivity index (χ4v) is 2.30. The second-order valence-corrected chi connectivity index (χ2v) is 5.33. The largest absolute Gasteiger partial charge is 0.481 e. The number of carbonyl (C=O) groups excluding carboxylic acids is 2. The maximum atomic E-state index is 11.6. The van der Waals surface area contributed by atoms with Crippen LogP contribution in [0.1, 0.15) is 5.56 Å². The lowest BCUT2D eigenvalue weighted by molar-refractivity contribution is -0.135. The predicted octanol–water partition coefficient (Wildman–Crippen LogP) is 1.31. The van der Waals surface area contributed by atoms with Crippen molar-refractivity contribution in [1.29, 1.82) is 0 Å². The molecular formula is C16H13N3O4S. The summed E-state index contributed by atoms with van der Waals surface area (Å²) < 4.78 is 9.73. The van der Waals surface area contributed by atoms with Gasteiger partial charge in [-0.15, -0.1) is 11.5 Å². The van der Waals surface area contributed by atoms with Crippen LogP contribution in [0.15, 0.2) is 45.4 Å². The molecule has 0 aliphatic carbocycles. The van der Waals surface area contributed by atoms with Gasteiger partial charge in [-0.1, -0.05) is 5.92 Å². The lowest BCUT2D eigenvalue weighted by atomic mass is 10.2. The van der Waals surface area contributed by atoms with E-state index in [2.05, 4.69) is 26.2 Å². The van der Waals surface area contributed by atoms with Crippen LogP contribution in [-0.4, -0.2) is 37.0 Å². The van der Waals surface area contributed by atoms with Crippen LogP contribution in [0, 0.1) is 12.3 Å². The van der Waals surface area contributed by atoms with Gasteiger partial charge in [0.15, 0.2) is 5.17 Å². The number of nitrogens with zero attached hydrogens (tertiary/aromatic N) is 2. The average Bonchev–Trinajstić information content (AvgIpc) is 2.93. The van der Waals surface area contributed by atoms with Crippen molar-refractivity contribution in [2.75, 3.05) is 13.7 Å². The molecule has 1 fully saturated rings. The van der Waals surface area contributed by atoms with Crippen LogP contribution in [0.5, 0.6) is 5.75 Å². The highest BCUT2D eigenvalue weighted by Gasteiger charge is 2.24. The van der Waals surface area contributed by atoms with Crippen molar-refractivity contribution in [2.45, 2.75) is 0 Å². The van der Waals surface area contributed by atoms with Gasteiger partial charge in [0, 0.05) is 6.08 Å². The predicted molar refractivity (Wildman–Crippen MR) is 91.6 cm³/mol. The third-order valence-electron chi connectivity index (χ3n) is 2.66. The summed E-state index contributed by atoms with van der Waals surface area (Å²) in [5, 5.41) is 10.6. The Morgan fingerprint density at radius 1 is 1.42 bits per heavy atom. The van der Waals surface area contributed by atoms with Crippen LogP contribution in [0.3, 0.4) is 0 Å². The van der Waals surface area contributed by atoms with Crippen molar-refractivity contribution in [3.05, 3.63) is 40.8 Å². The van der Waals surface area contributed by atoms with Crippen molar-refractivity contribution in [3.63, 3.8) is 0 Å². The third kappa shape index (κ3) is 5.00. The third-order valence-corrected chi connectivity index (χ3v) is 3.56. The number of thioether (sulfide) groups is 1. The molecule has 0 radical (unpaired) electrons. The van der Waals surface area contributed by atoms with Gasteiger partial charge in [0.05, 0.1) is 18.2 Å². The number of hydrogen-bond donors (Lipinski definition) is 1. The zero-order chi connectivity index (χ0) is 17.4. The van der Waals surface area contributed by atoms with Gasteiger partial charge >= 0.3 is 5.97 Å². The number of methoxy groups -OCH3 is 1. The molecule has 1 amide bonds. The van der Waals surface area contributed by atoms with E-state index in [1.807, 2.05) is 0 Å². The van der Waals surface area contributed by atoms with Gasteiger partial charge in [-0.05, 0) is 41.6 Å². The van der Waals surface area contributed by atoms with Crippen molar-refractivity contribution in [2.24, 2.45) is 10.2 Å². The van der Waals surface area contributed by atoms with Gasteiger partial charge in [0.25, 0.3) is 5.91 Å². The van der Waals surface area contributed by atoms with Gasteiger partial charge in [0.2, 0.25) is 0 Å². The van der Waals surface area contributed by atoms with Crippen LogP contribution >= 0.6 is 11.8 Å². The van der Waals surface area contributed by atoms with Gasteiger partial charge < -0.3 is 9.47 Å². The molecular weight excluding hydrogens is 330 g/mol. The zero-order valence-corrected chi connectivity index (χ0v) is 13.5. The molecule has 0 unspecified atom stereocenters. The molecule has 1 aromatic carbocycles. The van der Waals surface area contributed by atoms with Gasteiger partial charge in [-0.25, -0.2) is 4.79 Å². The van der Waals surface area contributed by atoms with E-state index in [1.165, 1.54) is 13.3 Å². The van der Waals surface area contributed by atoms with Gasteiger partial charge in [0.1, 0.15) is 12.4 Å². The maximum absolute atomic E-state index is 11.6. The van der Waals surface area contributed by atoms with E-state index in [1.54, 1.807) is 24.3 Å². The fraction of sp³-hybridized carbons (Fsp3) is 0.125. The molecule has 1 aromatic rings. The van der Waals surface area contributed by atoms with Crippen molar-refractivity contribution in [1.82, 2.24) is 5.32 Å². The van der Waals surface area contributed by atoms with E-state index in [0.717, 1.165) is 23.4 Å². The molecule has 122 valence electrons. The summed E-state index contributed by atoms with van der Waals surface area (Å²) in [6.45, 7) is 0.208. The molecule has 1 aliphatic rings. The molecule has 1 heterocycles. The number of rotatable bonds is 5. The Labute approximate surface area is 142 Å². The molecule has 1 aliphatic heterocycles. The summed E-state index contributed by atoms with van der Waals surface area (Å²) in [5.41, 5.74) is 0.798. The monoisotopic (exact) mass is 343 g/mol. The minimum Gasteiger partial charge on any atom is -0.481 e. The van der Waals surface area contributed by atoms with Crippen LogP contribution in [0.2, 0.25) is 0 Å². The van der Waals surface area contributed by atoms with E-state index >= 15 is 0 Å². The first-order chi connectivity index (χ1) is 11.6. The van der Waals surface area contributed by atoms with Gasteiger partial charge in [-0.2, -0.15) is 5.10 Å². The molecule has 2 rings (SSSR count). The number of terminal acetylenes is 1. The normalized spacial score (nSPS) is 17.1. The van der Waals surface area contributed by atoms with E-state index in [0.29, 0.717) is 5.75 Å². The lowest BCUT2D eigenvalue weighted by Crippen LogP contribution is -2.19. The van der Waals surface area contributed by atoms with Crippen LogP contribution < -0.4 is 10.1 Å². The van der Waals surface area contributed by atoms with Crippen LogP contribution in [0.25, 0.3) is 0 Å². The van der Waals surface area contributed by atoms with E-state index in [-0.39, 0.29) is 16.7 Å². The van der Waals surface area contributed by atoms with E-state index in [4.69, 9.17) is 11.2 Å². The van der Waals surface area contributed by atoms with Crippen molar-refractivity contribution >= 4 is 35.0 Å². The number of ether oxygens (including phenoxy) is 2. The summed E-state index contributed by atoms with van der Waals surface area (Å²) in [6.07, 6.45) is 7.73. The average molecular weight is 343 g/mol. The highest BCUT2D eigenvalue weighted by atomic mass is 32.2. The Kier molecular flexibility index (Phi) is 6.16. The highest BCUT2D eigenvalue weighted by molar-refractivity contribution is 8.18. The quantitative estimate of drug-likeness (QED) is 0.286. The Hall–Kier alpha value is -3.05. The first-order valence-electron chi connectivity index (χ1n) is 6.68. The van der Waals surface area contributed by atoms with Gasteiger partial charge in [-0.3, -0.25) is 10.1 Å². The molecule has 0 aromatic heterocycles. The van der Waals surface area contributed by atoms with E-state index < -0.39 is 11.9 Å². The topological polar surface area (TPSA) is 89.4 Å². The molecule has 0 atom stereocenters. The van der Waals surface area contributed by atoms with Crippen molar-refractivity contribution in [3.8, 4) is 18.1 Å². The molecule has 24 heavy (non-hydrogen) atoms. The minimum atomic E-state index is -0.607. The second-order valence-electron chi connectivity index (χ2n) is 4.30. The molecule has 0 saturated carbocycles. The fourth-order valence-electron chi connectivity index (χ4n) is 1.56.